The number of methoxy groups -OCH3 is 1. The van der Waals surface area contributed by atoms with Crippen LogP contribution in [-0.4, -0.2) is 19.8 Å². The minimum atomic E-state index is 0.128. The molecule has 3 heteroatoms. The Bertz CT molecular complexity index is 246. The molecule has 1 unspecified atom stereocenters. The predicted molar refractivity (Wildman–Crippen MR) is 56.1 cm³/mol. The van der Waals surface area contributed by atoms with Gasteiger partial charge in [-0.3, -0.25) is 0 Å². The molecule has 1 rings (SSSR count). The molecule has 2 nitrogen and oxygen atoms in total. The summed E-state index contributed by atoms with van der Waals surface area (Å²) < 4.78 is 11.6. The third-order valence-electron chi connectivity index (χ3n) is 1.70. The first kappa shape index (κ1) is 10.5. The highest BCUT2D eigenvalue weighted by atomic mass is 79.9. The number of hydrogen-bond acceptors (Lipinski definition) is 2. The monoisotopic (exact) mass is 244 g/mol. The average molecular weight is 245 g/mol. The summed E-state index contributed by atoms with van der Waals surface area (Å²) in [5.74, 6) is 0.868. The van der Waals surface area contributed by atoms with E-state index < -0.39 is 0 Å². The second-order valence-electron chi connectivity index (χ2n) is 2.81. The molecule has 1 atom stereocenters. The lowest BCUT2D eigenvalue weighted by molar-refractivity contribution is 0.0716. The topological polar surface area (TPSA) is 18.5 Å². The third kappa shape index (κ3) is 3.79. The van der Waals surface area contributed by atoms with E-state index in [9.17, 15) is 0 Å². The molecule has 0 aliphatic carbocycles. The molecule has 13 heavy (non-hydrogen) atoms. The SMILES string of the molecule is COC(C)COc1ccc(Br)cc1. The molecule has 0 fully saturated rings. The van der Waals surface area contributed by atoms with Gasteiger partial charge in [0.25, 0.3) is 0 Å². The van der Waals surface area contributed by atoms with Crippen molar-refractivity contribution in [1.29, 1.82) is 0 Å². The molecule has 0 bridgehead atoms. The quantitative estimate of drug-likeness (QED) is 0.812. The summed E-state index contributed by atoms with van der Waals surface area (Å²) in [6.07, 6.45) is 0.128. The maximum absolute atomic E-state index is 5.47. The smallest absolute Gasteiger partial charge is 0.119 e. The van der Waals surface area contributed by atoms with Crippen LogP contribution in [0.3, 0.4) is 0 Å². The van der Waals surface area contributed by atoms with E-state index in [1.165, 1.54) is 0 Å². The van der Waals surface area contributed by atoms with E-state index in [1.54, 1.807) is 7.11 Å². The largest absolute Gasteiger partial charge is 0.491 e. The van der Waals surface area contributed by atoms with Gasteiger partial charge in [0.15, 0.2) is 0 Å². The number of halogens is 1. The Labute approximate surface area is 87.0 Å². The van der Waals surface area contributed by atoms with E-state index in [1.807, 2.05) is 31.2 Å². The van der Waals surface area contributed by atoms with E-state index in [2.05, 4.69) is 15.9 Å². The molecule has 0 radical (unpaired) electrons. The summed E-state index contributed by atoms with van der Waals surface area (Å²) in [7, 11) is 1.68. The van der Waals surface area contributed by atoms with Gasteiger partial charge in [-0.25, -0.2) is 0 Å². The van der Waals surface area contributed by atoms with E-state index in [0.717, 1.165) is 10.2 Å². The lowest BCUT2D eigenvalue weighted by Crippen LogP contribution is -2.15. The predicted octanol–water partition coefficient (Wildman–Crippen LogP) is 2.86. The maximum Gasteiger partial charge on any atom is 0.119 e. The normalized spacial score (nSPS) is 12.5. The van der Waals surface area contributed by atoms with Crippen molar-refractivity contribution < 1.29 is 9.47 Å². The summed E-state index contributed by atoms with van der Waals surface area (Å²) in [6.45, 7) is 2.55. The van der Waals surface area contributed by atoms with Crippen molar-refractivity contribution in [3.63, 3.8) is 0 Å². The molecule has 0 saturated carbocycles. The molecule has 0 N–H and O–H groups in total. The van der Waals surface area contributed by atoms with Crippen LogP contribution in [-0.2, 0) is 4.74 Å². The summed E-state index contributed by atoms with van der Waals surface area (Å²) in [4.78, 5) is 0. The Balaban J connectivity index is 2.41. The molecule has 1 aromatic carbocycles. The number of benzene rings is 1. The van der Waals surface area contributed by atoms with Crippen LogP contribution in [0.15, 0.2) is 28.7 Å². The van der Waals surface area contributed by atoms with Gasteiger partial charge in [0.1, 0.15) is 12.4 Å². The number of rotatable bonds is 4. The van der Waals surface area contributed by atoms with Crippen LogP contribution in [0, 0.1) is 0 Å². The lowest BCUT2D eigenvalue weighted by atomic mass is 10.3. The first-order valence-electron chi connectivity index (χ1n) is 4.13. The first-order chi connectivity index (χ1) is 6.22. The van der Waals surface area contributed by atoms with Crippen LogP contribution < -0.4 is 4.74 Å². The van der Waals surface area contributed by atoms with Gasteiger partial charge in [-0.2, -0.15) is 0 Å². The lowest BCUT2D eigenvalue weighted by Gasteiger charge is -2.11. The van der Waals surface area contributed by atoms with Crippen LogP contribution in [0.4, 0.5) is 0 Å². The zero-order valence-electron chi connectivity index (χ0n) is 7.79. The van der Waals surface area contributed by atoms with Crippen molar-refractivity contribution in [3.8, 4) is 5.75 Å². The van der Waals surface area contributed by atoms with E-state index in [4.69, 9.17) is 9.47 Å². The minimum absolute atomic E-state index is 0.128. The van der Waals surface area contributed by atoms with Crippen LogP contribution >= 0.6 is 15.9 Å². The standard InChI is InChI=1S/C10H13BrO2/c1-8(12-2)7-13-10-5-3-9(11)4-6-10/h3-6,8H,7H2,1-2H3. The second-order valence-corrected chi connectivity index (χ2v) is 3.73. The zero-order valence-corrected chi connectivity index (χ0v) is 9.37. The first-order valence-corrected chi connectivity index (χ1v) is 4.93. The van der Waals surface area contributed by atoms with Gasteiger partial charge in [0.05, 0.1) is 6.10 Å². The van der Waals surface area contributed by atoms with E-state index in [0.29, 0.717) is 6.61 Å². The molecule has 72 valence electrons. The highest BCUT2D eigenvalue weighted by Gasteiger charge is 1.99. The molecular formula is C10H13BrO2. The highest BCUT2D eigenvalue weighted by Crippen LogP contribution is 2.16. The van der Waals surface area contributed by atoms with Crippen molar-refractivity contribution in [2.45, 2.75) is 13.0 Å². The van der Waals surface area contributed by atoms with Gasteiger partial charge in [-0.1, -0.05) is 15.9 Å². The van der Waals surface area contributed by atoms with Gasteiger partial charge < -0.3 is 9.47 Å². The van der Waals surface area contributed by atoms with Crippen LogP contribution in [0.25, 0.3) is 0 Å². The van der Waals surface area contributed by atoms with Crippen molar-refractivity contribution in [2.75, 3.05) is 13.7 Å². The fourth-order valence-electron chi connectivity index (χ4n) is 0.812. The maximum atomic E-state index is 5.47. The summed E-state index contributed by atoms with van der Waals surface area (Å²) in [5, 5.41) is 0. The summed E-state index contributed by atoms with van der Waals surface area (Å²) >= 11 is 3.36. The molecule has 0 aliphatic rings. The number of ether oxygens (including phenoxy) is 2. The van der Waals surface area contributed by atoms with Crippen molar-refractivity contribution in [1.82, 2.24) is 0 Å². The molecule has 0 aliphatic heterocycles. The van der Waals surface area contributed by atoms with Crippen LogP contribution in [0.2, 0.25) is 0 Å². The van der Waals surface area contributed by atoms with Crippen molar-refractivity contribution >= 4 is 15.9 Å². The van der Waals surface area contributed by atoms with Gasteiger partial charge in [-0.15, -0.1) is 0 Å². The van der Waals surface area contributed by atoms with Crippen molar-refractivity contribution in [2.24, 2.45) is 0 Å². The highest BCUT2D eigenvalue weighted by molar-refractivity contribution is 9.10. The second kappa shape index (κ2) is 5.25. The Hall–Kier alpha value is -0.540. The summed E-state index contributed by atoms with van der Waals surface area (Å²) in [6, 6.07) is 7.75. The Kier molecular flexibility index (Phi) is 4.25. The van der Waals surface area contributed by atoms with Gasteiger partial charge in [0.2, 0.25) is 0 Å². The fourth-order valence-corrected chi connectivity index (χ4v) is 1.08. The van der Waals surface area contributed by atoms with Crippen LogP contribution in [0.5, 0.6) is 5.75 Å². The Morgan fingerprint density at radius 2 is 1.92 bits per heavy atom. The van der Waals surface area contributed by atoms with Gasteiger partial charge in [-0.05, 0) is 31.2 Å². The zero-order chi connectivity index (χ0) is 9.68. The average Bonchev–Trinajstić information content (AvgIpc) is 2.16. The van der Waals surface area contributed by atoms with Gasteiger partial charge in [0, 0.05) is 11.6 Å². The fraction of sp³-hybridized carbons (Fsp3) is 0.400. The molecule has 0 spiro atoms. The molecule has 0 saturated heterocycles. The van der Waals surface area contributed by atoms with Gasteiger partial charge >= 0.3 is 0 Å². The van der Waals surface area contributed by atoms with Crippen LogP contribution in [0.1, 0.15) is 6.92 Å². The van der Waals surface area contributed by atoms with E-state index in [-0.39, 0.29) is 6.10 Å². The third-order valence-corrected chi connectivity index (χ3v) is 2.23. The Morgan fingerprint density at radius 3 is 2.46 bits per heavy atom. The van der Waals surface area contributed by atoms with Crippen molar-refractivity contribution in [3.05, 3.63) is 28.7 Å². The van der Waals surface area contributed by atoms with E-state index >= 15 is 0 Å². The Morgan fingerprint density at radius 1 is 1.31 bits per heavy atom. The molecule has 0 amide bonds. The molecule has 1 aromatic rings. The summed E-state index contributed by atoms with van der Waals surface area (Å²) in [5.41, 5.74) is 0. The molecule has 0 heterocycles. The minimum Gasteiger partial charge on any atom is -0.491 e. The molecular weight excluding hydrogens is 232 g/mol. The molecule has 0 aromatic heterocycles. The number of hydrogen-bond donors (Lipinski definition) is 0.